The number of carbonyl (C=O) groups is 5. The first-order valence-corrected chi connectivity index (χ1v) is 17.5. The molecule has 5 rings (SSSR count). The van der Waals surface area contributed by atoms with Gasteiger partial charge in [-0.2, -0.15) is 0 Å². The number of ether oxygens (including phenoxy) is 9. The van der Waals surface area contributed by atoms with E-state index in [1.807, 2.05) is 30.3 Å². The summed E-state index contributed by atoms with van der Waals surface area (Å²) < 4.78 is 45.8. The molecule has 0 aromatic heterocycles. The molecule has 0 amide bonds. The summed E-state index contributed by atoms with van der Waals surface area (Å²) in [6.07, 6.45) is 3.94. The Morgan fingerprint density at radius 1 is 0.569 bits per heavy atom. The zero-order valence-corrected chi connectivity index (χ0v) is 31.7. The van der Waals surface area contributed by atoms with Crippen LogP contribution in [0.4, 0.5) is 9.59 Å². The number of esters is 3. The summed E-state index contributed by atoms with van der Waals surface area (Å²) in [5.74, 6) is -0.527. The van der Waals surface area contributed by atoms with Gasteiger partial charge in [0.15, 0.2) is 0 Å². The van der Waals surface area contributed by atoms with E-state index in [0.29, 0.717) is 17.1 Å². The number of hydrogen-bond donors (Lipinski definition) is 0. The molecule has 0 spiro atoms. The maximum Gasteiger partial charge on any atom is 0.516 e. The molecule has 1 unspecified atom stereocenters. The van der Waals surface area contributed by atoms with Gasteiger partial charge in [-0.15, -0.1) is 0 Å². The average molecular weight is 791 g/mol. The lowest BCUT2D eigenvalue weighted by Crippen LogP contribution is -2.15. The first kappa shape index (κ1) is 41.6. The summed E-state index contributed by atoms with van der Waals surface area (Å²) in [5, 5.41) is 0. The van der Waals surface area contributed by atoms with Gasteiger partial charge in [0, 0.05) is 23.1 Å². The molecule has 0 N–H and O–H groups in total. The Balaban J connectivity index is 1.05. The van der Waals surface area contributed by atoms with Crippen LogP contribution in [0.5, 0.6) is 23.0 Å². The van der Waals surface area contributed by atoms with Gasteiger partial charge in [0.25, 0.3) is 0 Å². The zero-order valence-electron chi connectivity index (χ0n) is 31.7. The van der Waals surface area contributed by atoms with E-state index in [2.05, 4.69) is 29.6 Å². The highest BCUT2D eigenvalue weighted by Crippen LogP contribution is 2.47. The fourth-order valence-electron chi connectivity index (χ4n) is 5.25. The van der Waals surface area contributed by atoms with Gasteiger partial charge < -0.3 is 42.6 Å². The average Bonchev–Trinajstić information content (AvgIpc) is 3.47. The van der Waals surface area contributed by atoms with Crippen LogP contribution in [-0.4, -0.2) is 50.6 Å². The third-order valence-electron chi connectivity index (χ3n) is 8.14. The second-order valence-electron chi connectivity index (χ2n) is 12.5. The lowest BCUT2D eigenvalue weighted by atomic mass is 9.99. The molecule has 1 aliphatic rings. The van der Waals surface area contributed by atoms with Crippen molar-refractivity contribution in [3.8, 4) is 34.1 Å². The third-order valence-corrected chi connectivity index (χ3v) is 8.14. The minimum absolute atomic E-state index is 0.000742. The SMILES string of the molecule is C=C(C)C(=O)OCOC(=O)Oc1ccc(C=COCOc2ccc3c(c2)C(C)c2cc(OC(=O)C=Cc4ccc(OC(=O)OCOC(=O)C(=C)C)cc4)ccc2-3)cc1. The van der Waals surface area contributed by atoms with Crippen LogP contribution in [0.25, 0.3) is 23.3 Å². The predicted molar refractivity (Wildman–Crippen MR) is 208 cm³/mol. The second-order valence-corrected chi connectivity index (χ2v) is 12.5. The van der Waals surface area contributed by atoms with Crippen molar-refractivity contribution in [3.05, 3.63) is 144 Å². The molecule has 0 bridgehead atoms. The number of fused-ring (bicyclic) bond motifs is 3. The predicted octanol–water partition coefficient (Wildman–Crippen LogP) is 8.65. The Labute approximate surface area is 333 Å². The van der Waals surface area contributed by atoms with E-state index < -0.39 is 43.8 Å². The number of carbonyl (C=O) groups excluding carboxylic acids is 5. The monoisotopic (exact) mass is 790 g/mol. The number of hydrogen-bond acceptors (Lipinski definition) is 14. The van der Waals surface area contributed by atoms with Crippen molar-refractivity contribution in [2.24, 2.45) is 0 Å². The van der Waals surface area contributed by atoms with Crippen LogP contribution in [0.2, 0.25) is 0 Å². The van der Waals surface area contributed by atoms with Gasteiger partial charge in [0.05, 0.1) is 6.26 Å². The molecule has 4 aromatic carbocycles. The van der Waals surface area contributed by atoms with Crippen molar-refractivity contribution in [1.29, 1.82) is 0 Å². The maximum atomic E-state index is 12.7. The van der Waals surface area contributed by atoms with E-state index in [9.17, 15) is 24.0 Å². The molecule has 4 aromatic rings. The molecule has 1 atom stereocenters. The van der Waals surface area contributed by atoms with Gasteiger partial charge in [-0.05, 0) is 108 Å². The molecule has 0 heterocycles. The van der Waals surface area contributed by atoms with Crippen LogP contribution in [0.15, 0.2) is 122 Å². The molecule has 0 aliphatic heterocycles. The van der Waals surface area contributed by atoms with Crippen molar-refractivity contribution in [3.63, 3.8) is 0 Å². The van der Waals surface area contributed by atoms with Crippen LogP contribution < -0.4 is 18.9 Å². The Kier molecular flexibility index (Phi) is 14.2. The number of rotatable bonds is 16. The first-order chi connectivity index (χ1) is 27.9. The van der Waals surface area contributed by atoms with Crippen molar-refractivity contribution in [2.45, 2.75) is 26.7 Å². The summed E-state index contributed by atoms with van der Waals surface area (Å²) in [6, 6.07) is 24.1. The van der Waals surface area contributed by atoms with E-state index in [1.54, 1.807) is 54.6 Å². The molecule has 58 heavy (non-hydrogen) atoms. The standard InChI is InChI=1S/C44H38O14/c1-27(2)41(46)52-25-54-43(48)57-32-11-6-30(7-12-32)10-19-40(45)56-35-16-18-37-36-17-15-34(22-38(36)29(5)39(37)23-35)51-24-50-21-20-31-8-13-33(14-9-31)58-44(49)55-26-53-42(47)28(3)4/h6-23,29H,1,3,24-26H2,2,4-5H3. The van der Waals surface area contributed by atoms with Gasteiger partial charge in [-0.25, -0.2) is 24.0 Å². The Bertz CT molecular complexity index is 2250. The second kappa shape index (κ2) is 19.8. The summed E-state index contributed by atoms with van der Waals surface area (Å²) in [7, 11) is 0. The molecular weight excluding hydrogens is 752 g/mol. The Morgan fingerprint density at radius 3 is 1.55 bits per heavy atom. The molecule has 0 saturated carbocycles. The summed E-state index contributed by atoms with van der Waals surface area (Å²) in [6.45, 7) is 10.6. The molecule has 14 nitrogen and oxygen atoms in total. The van der Waals surface area contributed by atoms with Gasteiger partial charge in [0.1, 0.15) is 23.0 Å². The van der Waals surface area contributed by atoms with E-state index in [4.69, 9.17) is 33.2 Å². The molecule has 0 radical (unpaired) electrons. The molecule has 0 fully saturated rings. The van der Waals surface area contributed by atoms with Crippen LogP contribution in [0, 0.1) is 0 Å². The van der Waals surface area contributed by atoms with Crippen molar-refractivity contribution < 1.29 is 66.6 Å². The largest absolute Gasteiger partial charge is 0.516 e. The topological polar surface area (TPSA) is 168 Å². The quantitative estimate of drug-likeness (QED) is 0.0201. The lowest BCUT2D eigenvalue weighted by Gasteiger charge is -2.10. The number of benzene rings is 4. The summed E-state index contributed by atoms with van der Waals surface area (Å²) >= 11 is 0. The van der Waals surface area contributed by atoms with E-state index in [-0.39, 0.29) is 35.4 Å². The Morgan fingerprint density at radius 2 is 1.03 bits per heavy atom. The third kappa shape index (κ3) is 11.9. The minimum atomic E-state index is -1.06. The van der Waals surface area contributed by atoms with Crippen molar-refractivity contribution in [2.75, 3.05) is 20.4 Å². The first-order valence-electron chi connectivity index (χ1n) is 17.5. The van der Waals surface area contributed by atoms with Gasteiger partial charge in [-0.1, -0.05) is 56.5 Å². The molecular formula is C44H38O14. The van der Waals surface area contributed by atoms with Crippen molar-refractivity contribution >= 4 is 42.4 Å². The summed E-state index contributed by atoms with van der Waals surface area (Å²) in [5.41, 5.74) is 5.89. The maximum absolute atomic E-state index is 12.7. The lowest BCUT2D eigenvalue weighted by molar-refractivity contribution is -0.148. The van der Waals surface area contributed by atoms with Crippen LogP contribution >= 0.6 is 0 Å². The minimum Gasteiger partial charge on any atom is -0.465 e. The fraction of sp³-hybridized carbons (Fsp3) is 0.159. The highest BCUT2D eigenvalue weighted by atomic mass is 16.8. The normalized spacial score (nSPS) is 12.4. The molecule has 1 aliphatic carbocycles. The molecule has 0 saturated heterocycles. The Hall–Kier alpha value is -7.61. The van der Waals surface area contributed by atoms with E-state index in [1.165, 1.54) is 38.3 Å². The van der Waals surface area contributed by atoms with Crippen LogP contribution in [0.3, 0.4) is 0 Å². The highest BCUT2D eigenvalue weighted by Gasteiger charge is 2.26. The van der Waals surface area contributed by atoms with Gasteiger partial charge >= 0.3 is 30.2 Å². The fourth-order valence-corrected chi connectivity index (χ4v) is 5.25. The smallest absolute Gasteiger partial charge is 0.465 e. The van der Waals surface area contributed by atoms with Crippen molar-refractivity contribution in [1.82, 2.24) is 0 Å². The van der Waals surface area contributed by atoms with E-state index >= 15 is 0 Å². The molecule has 14 heteroatoms. The van der Waals surface area contributed by atoms with Gasteiger partial charge in [-0.3, -0.25) is 0 Å². The molecule has 298 valence electrons. The van der Waals surface area contributed by atoms with E-state index in [0.717, 1.165) is 27.8 Å². The van der Waals surface area contributed by atoms with Gasteiger partial charge in [0.2, 0.25) is 20.4 Å². The highest BCUT2D eigenvalue weighted by molar-refractivity contribution is 5.89. The van der Waals surface area contributed by atoms with Crippen LogP contribution in [0.1, 0.15) is 48.9 Å². The summed E-state index contributed by atoms with van der Waals surface area (Å²) in [4.78, 5) is 58.9. The zero-order chi connectivity index (χ0) is 41.6. The van der Waals surface area contributed by atoms with Crippen LogP contribution in [-0.2, 0) is 38.1 Å².